The maximum absolute atomic E-state index is 14.0. The summed E-state index contributed by atoms with van der Waals surface area (Å²) in [6.45, 7) is 3.25. The Morgan fingerprint density at radius 2 is 1.93 bits per heavy atom. The van der Waals surface area contributed by atoms with E-state index in [9.17, 15) is 27.2 Å². The highest BCUT2D eigenvalue weighted by atomic mass is 19.4. The summed E-state index contributed by atoms with van der Waals surface area (Å²) in [5.41, 5.74) is 1.22. The van der Waals surface area contributed by atoms with Crippen LogP contribution in [0.1, 0.15) is 41.2 Å². The Hall–Kier alpha value is -3.04. The molecule has 162 valence electrons. The Morgan fingerprint density at radius 1 is 1.23 bits per heavy atom. The van der Waals surface area contributed by atoms with Crippen molar-refractivity contribution in [1.29, 1.82) is 0 Å². The minimum absolute atomic E-state index is 0.00920. The molecule has 0 aromatic carbocycles. The van der Waals surface area contributed by atoms with Crippen molar-refractivity contribution in [1.82, 2.24) is 15.3 Å². The second-order valence-corrected chi connectivity index (χ2v) is 6.94. The second kappa shape index (κ2) is 9.64. The molecule has 0 aliphatic carbocycles. The Kier molecular flexibility index (Phi) is 7.47. The summed E-state index contributed by atoms with van der Waals surface area (Å²) in [4.78, 5) is 32.0. The van der Waals surface area contributed by atoms with E-state index in [0.717, 1.165) is 6.07 Å². The third-order valence-corrected chi connectivity index (χ3v) is 4.13. The van der Waals surface area contributed by atoms with Crippen LogP contribution in [0, 0.1) is 18.7 Å². The van der Waals surface area contributed by atoms with Gasteiger partial charge < -0.3 is 10.1 Å². The standard InChI is InChI=1S/C20H21F4N3O3/c1-11(2)17(28)8-15-6-13(4-5-25-15)18(29)26-9-14-7-16(21)19(27-12(14)3)30-10-20(22,23)24/h4-7,11H,8-10H2,1-3H3,(H,26,29). The molecule has 0 fully saturated rings. The van der Waals surface area contributed by atoms with Gasteiger partial charge in [0.05, 0.1) is 0 Å². The van der Waals surface area contributed by atoms with Crippen molar-refractivity contribution >= 4 is 11.7 Å². The van der Waals surface area contributed by atoms with Crippen LogP contribution in [0.2, 0.25) is 0 Å². The third-order valence-electron chi connectivity index (χ3n) is 4.13. The van der Waals surface area contributed by atoms with Gasteiger partial charge in [0.2, 0.25) is 0 Å². The summed E-state index contributed by atoms with van der Waals surface area (Å²) in [5, 5.41) is 2.58. The first kappa shape index (κ1) is 23.2. The molecule has 30 heavy (non-hydrogen) atoms. The lowest BCUT2D eigenvalue weighted by Crippen LogP contribution is -2.24. The zero-order chi connectivity index (χ0) is 22.5. The normalized spacial score (nSPS) is 11.5. The smallest absolute Gasteiger partial charge is 0.422 e. The number of Topliss-reactive ketones (excluding diaryl/α,β-unsaturated/α-hetero) is 1. The molecule has 0 aliphatic heterocycles. The van der Waals surface area contributed by atoms with Crippen LogP contribution >= 0.6 is 0 Å². The van der Waals surface area contributed by atoms with E-state index in [0.29, 0.717) is 5.69 Å². The molecule has 1 amide bonds. The molecule has 0 bridgehead atoms. The molecule has 0 saturated carbocycles. The highest BCUT2D eigenvalue weighted by molar-refractivity contribution is 5.94. The number of hydrogen-bond acceptors (Lipinski definition) is 5. The minimum atomic E-state index is -4.61. The Bertz CT molecular complexity index is 930. The molecule has 2 rings (SSSR count). The third kappa shape index (κ3) is 6.78. The number of pyridine rings is 2. The Morgan fingerprint density at radius 3 is 2.57 bits per heavy atom. The van der Waals surface area contributed by atoms with Crippen LogP contribution in [-0.4, -0.2) is 34.4 Å². The van der Waals surface area contributed by atoms with E-state index in [2.05, 4.69) is 20.0 Å². The molecule has 0 radical (unpaired) electrons. The summed E-state index contributed by atoms with van der Waals surface area (Å²) in [6, 6.07) is 3.93. The van der Waals surface area contributed by atoms with Gasteiger partial charge in [0.1, 0.15) is 5.78 Å². The van der Waals surface area contributed by atoms with Crippen LogP contribution in [-0.2, 0) is 17.8 Å². The number of hydrogen-bond donors (Lipinski definition) is 1. The molecule has 2 heterocycles. The maximum atomic E-state index is 14.0. The summed E-state index contributed by atoms with van der Waals surface area (Å²) < 4.78 is 55.0. The number of aryl methyl sites for hydroxylation is 1. The number of nitrogens with one attached hydrogen (secondary N) is 1. The van der Waals surface area contributed by atoms with Gasteiger partial charge in [0.15, 0.2) is 12.4 Å². The number of carbonyl (C=O) groups excluding carboxylic acids is 2. The number of ketones is 1. The number of halogens is 4. The van der Waals surface area contributed by atoms with Crippen LogP contribution in [0.3, 0.4) is 0 Å². The fraction of sp³-hybridized carbons (Fsp3) is 0.400. The number of alkyl halides is 3. The largest absolute Gasteiger partial charge is 0.466 e. The van der Waals surface area contributed by atoms with Crippen LogP contribution in [0.15, 0.2) is 24.4 Å². The molecule has 1 N–H and O–H groups in total. The highest BCUT2D eigenvalue weighted by Crippen LogP contribution is 2.21. The maximum Gasteiger partial charge on any atom is 0.422 e. The van der Waals surface area contributed by atoms with Crippen molar-refractivity contribution in [3.8, 4) is 5.88 Å². The van der Waals surface area contributed by atoms with Gasteiger partial charge in [-0.25, -0.2) is 9.37 Å². The number of ether oxygens (including phenoxy) is 1. The van der Waals surface area contributed by atoms with Crippen LogP contribution in [0.4, 0.5) is 17.6 Å². The zero-order valence-corrected chi connectivity index (χ0v) is 16.6. The van der Waals surface area contributed by atoms with Gasteiger partial charge in [0, 0.05) is 42.0 Å². The average molecular weight is 427 g/mol. The van der Waals surface area contributed by atoms with E-state index in [1.54, 1.807) is 13.8 Å². The minimum Gasteiger partial charge on any atom is -0.466 e. The fourth-order valence-electron chi connectivity index (χ4n) is 2.40. The average Bonchev–Trinajstić information content (AvgIpc) is 2.66. The number of rotatable bonds is 8. The molecule has 6 nitrogen and oxygen atoms in total. The van der Waals surface area contributed by atoms with Crippen molar-refractivity contribution in [3.63, 3.8) is 0 Å². The van der Waals surface area contributed by atoms with E-state index in [1.165, 1.54) is 25.3 Å². The molecule has 10 heteroatoms. The fourth-order valence-corrected chi connectivity index (χ4v) is 2.40. The molecule has 0 atom stereocenters. The summed E-state index contributed by atoms with van der Waals surface area (Å²) in [7, 11) is 0. The lowest BCUT2D eigenvalue weighted by molar-refractivity contribution is -0.154. The Balaban J connectivity index is 2.04. The highest BCUT2D eigenvalue weighted by Gasteiger charge is 2.29. The molecule has 0 spiro atoms. The van der Waals surface area contributed by atoms with E-state index < -0.39 is 30.4 Å². The van der Waals surface area contributed by atoms with Crippen molar-refractivity contribution in [2.24, 2.45) is 5.92 Å². The van der Waals surface area contributed by atoms with Crippen molar-refractivity contribution < 1.29 is 31.9 Å². The van der Waals surface area contributed by atoms with Crippen molar-refractivity contribution in [3.05, 3.63) is 52.7 Å². The molecule has 2 aromatic heterocycles. The van der Waals surface area contributed by atoms with Crippen LogP contribution < -0.4 is 10.1 Å². The SMILES string of the molecule is Cc1nc(OCC(F)(F)F)c(F)cc1CNC(=O)c1ccnc(CC(=O)C(C)C)c1. The number of nitrogens with zero attached hydrogens (tertiary/aromatic N) is 2. The lowest BCUT2D eigenvalue weighted by Gasteiger charge is -2.12. The van der Waals surface area contributed by atoms with Gasteiger partial charge in [0.25, 0.3) is 11.8 Å². The monoisotopic (exact) mass is 427 g/mol. The van der Waals surface area contributed by atoms with Crippen molar-refractivity contribution in [2.75, 3.05) is 6.61 Å². The molecule has 0 saturated heterocycles. The lowest BCUT2D eigenvalue weighted by atomic mass is 10.0. The molecular weight excluding hydrogens is 406 g/mol. The van der Waals surface area contributed by atoms with Crippen molar-refractivity contribution in [2.45, 2.75) is 39.9 Å². The summed E-state index contributed by atoms with van der Waals surface area (Å²) >= 11 is 0. The van der Waals surface area contributed by atoms with Gasteiger partial charge in [-0.3, -0.25) is 14.6 Å². The second-order valence-electron chi connectivity index (χ2n) is 6.94. The van der Waals surface area contributed by atoms with Gasteiger partial charge in [-0.05, 0) is 30.7 Å². The predicted molar refractivity (Wildman–Crippen MR) is 99.4 cm³/mol. The van der Waals surface area contributed by atoms with Crippen LogP contribution in [0.5, 0.6) is 5.88 Å². The van der Waals surface area contributed by atoms with Gasteiger partial charge >= 0.3 is 6.18 Å². The van der Waals surface area contributed by atoms with E-state index in [4.69, 9.17) is 0 Å². The molecular formula is C20H21F4N3O3. The van der Waals surface area contributed by atoms with Gasteiger partial charge in [-0.2, -0.15) is 13.2 Å². The first-order chi connectivity index (χ1) is 14.0. The summed E-state index contributed by atoms with van der Waals surface area (Å²) in [5.74, 6) is -2.46. The number of amides is 1. The number of aromatic nitrogens is 2. The molecule has 0 unspecified atom stereocenters. The Labute approximate surface area is 170 Å². The molecule has 0 aliphatic rings. The van der Waals surface area contributed by atoms with Crippen LogP contribution in [0.25, 0.3) is 0 Å². The predicted octanol–water partition coefficient (Wildman–Crippen LogP) is 3.56. The number of carbonyl (C=O) groups is 2. The topological polar surface area (TPSA) is 81.2 Å². The first-order valence-corrected chi connectivity index (χ1v) is 9.07. The van der Waals surface area contributed by atoms with E-state index in [1.807, 2.05) is 0 Å². The molecule has 2 aromatic rings. The zero-order valence-electron chi connectivity index (χ0n) is 16.6. The quantitative estimate of drug-likeness (QED) is 0.652. The first-order valence-electron chi connectivity index (χ1n) is 9.07. The van der Waals surface area contributed by atoms with E-state index in [-0.39, 0.29) is 41.5 Å². The van der Waals surface area contributed by atoms with E-state index >= 15 is 0 Å². The van der Waals surface area contributed by atoms with Gasteiger partial charge in [-0.15, -0.1) is 0 Å². The summed E-state index contributed by atoms with van der Waals surface area (Å²) in [6.07, 6.45) is -3.10. The van der Waals surface area contributed by atoms with Gasteiger partial charge in [-0.1, -0.05) is 13.8 Å².